The molecular weight excluding hydrogens is 336 g/mol. The van der Waals surface area contributed by atoms with Crippen LogP contribution in [0, 0.1) is 0 Å². The van der Waals surface area contributed by atoms with Crippen LogP contribution in [0.3, 0.4) is 0 Å². The third-order valence-electron chi connectivity index (χ3n) is 2.94. The maximum Gasteiger partial charge on any atom is 0.555 e. The van der Waals surface area contributed by atoms with Gasteiger partial charge in [-0.25, -0.2) is 0 Å². The van der Waals surface area contributed by atoms with Crippen LogP contribution in [0.2, 0.25) is 0 Å². The fourth-order valence-corrected chi connectivity index (χ4v) is 9.15. The van der Waals surface area contributed by atoms with Crippen LogP contribution in [-0.4, -0.2) is 42.9 Å². The SMILES string of the molecule is O[Si]1O[Si]O[Si](c2ccccc2)(c2ccccc2)O[Si]O1. The molecule has 21 heavy (non-hydrogen) atoms. The van der Waals surface area contributed by atoms with Crippen LogP contribution >= 0.6 is 0 Å². The Kier molecular flexibility index (Phi) is 4.94. The summed E-state index contributed by atoms with van der Waals surface area (Å²) in [6.07, 6.45) is 0. The van der Waals surface area contributed by atoms with E-state index in [2.05, 4.69) is 0 Å². The van der Waals surface area contributed by atoms with Crippen molar-refractivity contribution in [2.24, 2.45) is 0 Å². The van der Waals surface area contributed by atoms with Crippen LogP contribution in [0.1, 0.15) is 0 Å². The van der Waals surface area contributed by atoms with Gasteiger partial charge in [0, 0.05) is 0 Å². The van der Waals surface area contributed by atoms with Crippen LogP contribution < -0.4 is 10.4 Å². The highest BCUT2D eigenvalue weighted by Crippen LogP contribution is 2.11. The quantitative estimate of drug-likeness (QED) is 0.733. The van der Waals surface area contributed by atoms with Crippen molar-refractivity contribution in [1.29, 1.82) is 0 Å². The van der Waals surface area contributed by atoms with Gasteiger partial charge in [0.15, 0.2) is 0 Å². The monoisotopic (exact) mass is 347 g/mol. The van der Waals surface area contributed by atoms with Crippen LogP contribution in [0.4, 0.5) is 0 Å². The van der Waals surface area contributed by atoms with E-state index in [4.69, 9.17) is 16.5 Å². The molecule has 2 aromatic rings. The Labute approximate surface area is 130 Å². The summed E-state index contributed by atoms with van der Waals surface area (Å²) in [7, 11) is -5.77. The molecule has 1 N–H and O–H groups in total. The lowest BCUT2D eigenvalue weighted by Crippen LogP contribution is -2.66. The summed E-state index contributed by atoms with van der Waals surface area (Å²) in [5.41, 5.74) is 0. The first-order valence-corrected chi connectivity index (χ1v) is 10.9. The Morgan fingerprint density at radius 3 is 1.62 bits per heavy atom. The Bertz CT molecular complexity index is 519. The molecule has 3 rings (SSSR count). The predicted molar refractivity (Wildman–Crippen MR) is 81.7 cm³/mol. The molecule has 0 saturated carbocycles. The molecule has 1 aliphatic rings. The number of hydrogen-bond acceptors (Lipinski definition) is 5. The maximum atomic E-state index is 9.45. The molecule has 0 spiro atoms. The summed E-state index contributed by atoms with van der Waals surface area (Å²) in [6.45, 7) is 0. The van der Waals surface area contributed by atoms with Gasteiger partial charge in [0.2, 0.25) is 0 Å². The molecule has 1 saturated heterocycles. The molecule has 9 heteroatoms. The van der Waals surface area contributed by atoms with Crippen LogP contribution in [0.15, 0.2) is 60.7 Å². The summed E-state index contributed by atoms with van der Waals surface area (Å²) >= 11 is 0. The van der Waals surface area contributed by atoms with Crippen molar-refractivity contribution >= 4 is 48.5 Å². The van der Waals surface area contributed by atoms with Crippen molar-refractivity contribution in [3.05, 3.63) is 60.7 Å². The molecule has 2 aromatic carbocycles. The highest BCUT2D eigenvalue weighted by Gasteiger charge is 2.45. The van der Waals surface area contributed by atoms with E-state index in [1.54, 1.807) is 0 Å². The average Bonchev–Trinajstić information content (AvgIpc) is 2.53. The second-order valence-electron chi connectivity index (χ2n) is 4.19. The van der Waals surface area contributed by atoms with Gasteiger partial charge in [-0.1, -0.05) is 60.7 Å². The van der Waals surface area contributed by atoms with Crippen molar-refractivity contribution in [2.45, 2.75) is 0 Å². The lowest BCUT2D eigenvalue weighted by Gasteiger charge is -2.32. The van der Waals surface area contributed by atoms with Gasteiger partial charge in [0.25, 0.3) is 0 Å². The maximum absolute atomic E-state index is 9.45. The summed E-state index contributed by atoms with van der Waals surface area (Å²) in [5, 5.41) is 1.97. The van der Waals surface area contributed by atoms with Crippen LogP contribution in [-0.2, 0) is 16.5 Å². The van der Waals surface area contributed by atoms with Crippen molar-refractivity contribution in [3.63, 3.8) is 0 Å². The minimum Gasteiger partial charge on any atom is -0.407 e. The summed E-state index contributed by atoms with van der Waals surface area (Å²) in [6, 6.07) is 19.7. The van der Waals surface area contributed by atoms with Crippen LogP contribution in [0.5, 0.6) is 0 Å². The largest absolute Gasteiger partial charge is 0.555 e. The molecule has 1 heterocycles. The zero-order valence-electron chi connectivity index (χ0n) is 10.9. The fraction of sp³-hybridized carbons (Fsp3) is 0. The van der Waals surface area contributed by atoms with E-state index in [-0.39, 0.29) is 20.0 Å². The topological polar surface area (TPSA) is 57.2 Å². The first-order chi connectivity index (χ1) is 10.3. The third-order valence-corrected chi connectivity index (χ3v) is 10.2. The third kappa shape index (κ3) is 3.31. The molecule has 1 fully saturated rings. The van der Waals surface area contributed by atoms with E-state index in [0.717, 1.165) is 10.4 Å². The van der Waals surface area contributed by atoms with Gasteiger partial charge in [-0.05, 0) is 10.4 Å². The first kappa shape index (κ1) is 15.0. The standard InChI is InChI=1S/C12H11O5Si4/c13-20-14-18-16-21(17-19-15-20,11-7-3-1-4-8-11)12-9-5-2-6-10-12/h1-10,13H. The molecule has 0 atom stereocenters. The fourth-order valence-electron chi connectivity index (χ4n) is 1.99. The lowest BCUT2D eigenvalue weighted by atomic mass is 10.4. The smallest absolute Gasteiger partial charge is 0.407 e. The molecule has 0 unspecified atom stereocenters. The number of hydrogen-bond donors (Lipinski definition) is 1. The van der Waals surface area contributed by atoms with Crippen LogP contribution in [0.25, 0.3) is 0 Å². The average molecular weight is 348 g/mol. The van der Waals surface area contributed by atoms with Gasteiger partial charge >= 0.3 is 38.1 Å². The van der Waals surface area contributed by atoms with E-state index in [9.17, 15) is 4.80 Å². The summed E-state index contributed by atoms with van der Waals surface area (Å²) < 4.78 is 22.4. The zero-order chi connectivity index (χ0) is 14.5. The van der Waals surface area contributed by atoms with Gasteiger partial charge in [-0.2, -0.15) is 0 Å². The molecule has 0 amide bonds. The van der Waals surface area contributed by atoms with E-state index < -0.39 is 18.1 Å². The van der Waals surface area contributed by atoms with Gasteiger partial charge in [-0.15, -0.1) is 0 Å². The molecule has 0 aliphatic carbocycles. The Morgan fingerprint density at radius 2 is 1.19 bits per heavy atom. The molecule has 5 radical (unpaired) electrons. The van der Waals surface area contributed by atoms with E-state index in [1.807, 2.05) is 60.7 Å². The van der Waals surface area contributed by atoms with Gasteiger partial charge in [0.1, 0.15) is 0 Å². The Morgan fingerprint density at radius 1 is 0.762 bits per heavy atom. The Balaban J connectivity index is 2.02. The van der Waals surface area contributed by atoms with Crippen molar-refractivity contribution in [3.8, 4) is 0 Å². The second kappa shape index (κ2) is 6.91. The molecular formula is C12H11O5Si4. The normalized spacial score (nSPS) is 19.7. The number of rotatable bonds is 2. The van der Waals surface area contributed by atoms with Crippen molar-refractivity contribution in [1.82, 2.24) is 0 Å². The zero-order valence-corrected chi connectivity index (χ0v) is 14.9. The van der Waals surface area contributed by atoms with E-state index >= 15 is 0 Å². The van der Waals surface area contributed by atoms with Crippen molar-refractivity contribution < 1.29 is 21.3 Å². The van der Waals surface area contributed by atoms with E-state index in [1.165, 1.54) is 0 Å². The van der Waals surface area contributed by atoms with E-state index in [0.29, 0.717) is 0 Å². The molecule has 0 bridgehead atoms. The summed E-state index contributed by atoms with van der Waals surface area (Å²) in [4.78, 5) is 9.45. The first-order valence-electron chi connectivity index (χ1n) is 6.18. The minimum atomic E-state index is -2.87. The molecule has 105 valence electrons. The minimum absolute atomic E-state index is 0.315. The molecule has 1 aliphatic heterocycles. The highest BCUT2D eigenvalue weighted by atomic mass is 28.5. The van der Waals surface area contributed by atoms with Gasteiger partial charge < -0.3 is 21.3 Å². The molecule has 0 aromatic heterocycles. The predicted octanol–water partition coefficient (Wildman–Crippen LogP) is -0.631. The van der Waals surface area contributed by atoms with Crippen molar-refractivity contribution in [2.75, 3.05) is 0 Å². The highest BCUT2D eigenvalue weighted by molar-refractivity contribution is 6.96. The Hall–Kier alpha value is -0.892. The lowest BCUT2D eigenvalue weighted by molar-refractivity contribution is 0.247. The van der Waals surface area contributed by atoms with Gasteiger partial charge in [-0.3, -0.25) is 0 Å². The molecule has 5 nitrogen and oxygen atoms in total. The van der Waals surface area contributed by atoms with Gasteiger partial charge in [0.05, 0.1) is 0 Å². The summed E-state index contributed by atoms with van der Waals surface area (Å²) in [5.74, 6) is 0. The number of benzene rings is 2. The second-order valence-corrected chi connectivity index (χ2v) is 10.7.